The molecule has 1 aromatic carbocycles. The molecule has 1 rings (SSSR count). The van der Waals surface area contributed by atoms with Crippen LogP contribution in [0.25, 0.3) is 0 Å². The van der Waals surface area contributed by atoms with Crippen molar-refractivity contribution in [2.24, 2.45) is 0 Å². The van der Waals surface area contributed by atoms with Gasteiger partial charge in [-0.25, -0.2) is 0 Å². The molecule has 1 unspecified atom stereocenters. The molecule has 0 saturated carbocycles. The van der Waals surface area contributed by atoms with E-state index in [1.165, 1.54) is 5.56 Å². The van der Waals surface area contributed by atoms with Crippen molar-refractivity contribution in [2.75, 3.05) is 7.11 Å². The summed E-state index contributed by atoms with van der Waals surface area (Å²) in [6.07, 6.45) is 0.868. The summed E-state index contributed by atoms with van der Waals surface area (Å²) in [6, 6.07) is 8.07. The molecule has 0 aliphatic heterocycles. The van der Waals surface area contributed by atoms with Crippen LogP contribution >= 0.6 is 0 Å². The van der Waals surface area contributed by atoms with E-state index in [2.05, 4.69) is 19.1 Å². The zero-order chi connectivity index (χ0) is 9.68. The van der Waals surface area contributed by atoms with Crippen LogP contribution in [0.15, 0.2) is 24.3 Å². The second-order valence-corrected chi connectivity index (χ2v) is 2.92. The van der Waals surface area contributed by atoms with E-state index in [9.17, 15) is 0 Å². The van der Waals surface area contributed by atoms with E-state index >= 15 is 0 Å². The summed E-state index contributed by atoms with van der Waals surface area (Å²) in [5.41, 5.74) is 1.32. The largest absolute Gasteiger partial charge is 0.465 e. The van der Waals surface area contributed by atoms with Gasteiger partial charge in [0.1, 0.15) is 5.75 Å². The highest BCUT2D eigenvalue weighted by atomic mass is 16.7. The van der Waals surface area contributed by atoms with E-state index in [-0.39, 0.29) is 6.29 Å². The Balaban J connectivity index is 2.58. The topological polar surface area (TPSA) is 18.5 Å². The first-order valence-corrected chi connectivity index (χ1v) is 4.54. The molecule has 0 aliphatic carbocycles. The molecule has 0 aliphatic rings. The highest BCUT2D eigenvalue weighted by molar-refractivity contribution is 5.27. The molecule has 0 aromatic heterocycles. The fraction of sp³-hybridized carbons (Fsp3) is 0.455. The SMILES string of the molecule is CCc1ccc(OC(C)OC)cc1. The predicted molar refractivity (Wildman–Crippen MR) is 52.9 cm³/mol. The lowest BCUT2D eigenvalue weighted by molar-refractivity contribution is -0.0382. The average molecular weight is 180 g/mol. The minimum absolute atomic E-state index is 0.188. The van der Waals surface area contributed by atoms with Gasteiger partial charge < -0.3 is 9.47 Å². The molecular weight excluding hydrogens is 164 g/mol. The zero-order valence-electron chi connectivity index (χ0n) is 8.41. The first-order valence-electron chi connectivity index (χ1n) is 4.54. The standard InChI is InChI=1S/C11H16O2/c1-4-10-5-7-11(8-6-10)13-9(2)12-3/h5-9H,4H2,1-3H3. The first-order chi connectivity index (χ1) is 6.26. The smallest absolute Gasteiger partial charge is 0.196 e. The summed E-state index contributed by atoms with van der Waals surface area (Å²) in [5, 5.41) is 0. The molecular formula is C11H16O2. The van der Waals surface area contributed by atoms with Crippen LogP contribution in [0.3, 0.4) is 0 Å². The number of hydrogen-bond donors (Lipinski definition) is 0. The maximum absolute atomic E-state index is 5.44. The third-order valence-electron chi connectivity index (χ3n) is 1.97. The fourth-order valence-electron chi connectivity index (χ4n) is 1.04. The molecule has 0 saturated heterocycles. The van der Waals surface area contributed by atoms with Crippen LogP contribution in [-0.2, 0) is 11.2 Å². The first kappa shape index (κ1) is 10.1. The van der Waals surface area contributed by atoms with E-state index in [4.69, 9.17) is 9.47 Å². The zero-order valence-corrected chi connectivity index (χ0v) is 8.41. The van der Waals surface area contributed by atoms with Gasteiger partial charge in [0.25, 0.3) is 0 Å². The lowest BCUT2D eigenvalue weighted by Gasteiger charge is -2.12. The highest BCUT2D eigenvalue weighted by Gasteiger charge is 2.00. The summed E-state index contributed by atoms with van der Waals surface area (Å²) in [6.45, 7) is 4.00. The van der Waals surface area contributed by atoms with Gasteiger partial charge in [0.05, 0.1) is 0 Å². The van der Waals surface area contributed by atoms with Gasteiger partial charge in [-0.2, -0.15) is 0 Å². The van der Waals surface area contributed by atoms with Crippen LogP contribution in [0.5, 0.6) is 5.75 Å². The quantitative estimate of drug-likeness (QED) is 0.663. The van der Waals surface area contributed by atoms with E-state index < -0.39 is 0 Å². The second kappa shape index (κ2) is 4.87. The van der Waals surface area contributed by atoms with Crippen molar-refractivity contribution in [1.82, 2.24) is 0 Å². The van der Waals surface area contributed by atoms with Gasteiger partial charge in [0.15, 0.2) is 6.29 Å². The summed E-state index contributed by atoms with van der Waals surface area (Å²) < 4.78 is 10.4. The number of hydrogen-bond acceptors (Lipinski definition) is 2. The Bertz CT molecular complexity index is 241. The van der Waals surface area contributed by atoms with Gasteiger partial charge in [-0.15, -0.1) is 0 Å². The van der Waals surface area contributed by atoms with Crippen molar-refractivity contribution in [3.05, 3.63) is 29.8 Å². The molecule has 1 aromatic rings. The number of aryl methyl sites for hydroxylation is 1. The third-order valence-corrected chi connectivity index (χ3v) is 1.97. The van der Waals surface area contributed by atoms with E-state index in [1.54, 1.807) is 7.11 Å². The summed E-state index contributed by atoms with van der Waals surface area (Å²) in [7, 11) is 1.63. The molecule has 0 heterocycles. The van der Waals surface area contributed by atoms with Gasteiger partial charge in [0.2, 0.25) is 0 Å². The Kier molecular flexibility index (Phi) is 3.77. The van der Waals surface area contributed by atoms with Crippen molar-refractivity contribution in [3.63, 3.8) is 0 Å². The monoisotopic (exact) mass is 180 g/mol. The fourth-order valence-corrected chi connectivity index (χ4v) is 1.04. The molecule has 2 heteroatoms. The minimum atomic E-state index is -0.188. The molecule has 0 radical (unpaired) electrons. The average Bonchev–Trinajstić information content (AvgIpc) is 2.19. The Morgan fingerprint density at radius 3 is 2.31 bits per heavy atom. The molecule has 0 fully saturated rings. The van der Waals surface area contributed by atoms with Crippen molar-refractivity contribution < 1.29 is 9.47 Å². The number of methoxy groups -OCH3 is 1. The van der Waals surface area contributed by atoms with Gasteiger partial charge >= 0.3 is 0 Å². The Hall–Kier alpha value is -1.02. The molecule has 13 heavy (non-hydrogen) atoms. The Morgan fingerprint density at radius 1 is 1.23 bits per heavy atom. The highest BCUT2D eigenvalue weighted by Crippen LogP contribution is 2.14. The van der Waals surface area contributed by atoms with Crippen LogP contribution in [0.1, 0.15) is 19.4 Å². The second-order valence-electron chi connectivity index (χ2n) is 2.92. The lowest BCUT2D eigenvalue weighted by atomic mass is 10.2. The summed E-state index contributed by atoms with van der Waals surface area (Å²) in [4.78, 5) is 0. The summed E-state index contributed by atoms with van der Waals surface area (Å²) in [5.74, 6) is 0.853. The normalized spacial score (nSPS) is 12.5. The Labute approximate surface area is 79.5 Å². The van der Waals surface area contributed by atoms with Crippen LogP contribution < -0.4 is 4.74 Å². The van der Waals surface area contributed by atoms with Crippen LogP contribution in [0, 0.1) is 0 Å². The molecule has 0 N–H and O–H groups in total. The summed E-state index contributed by atoms with van der Waals surface area (Å²) >= 11 is 0. The molecule has 0 bridgehead atoms. The molecule has 1 atom stereocenters. The van der Waals surface area contributed by atoms with Gasteiger partial charge in [-0.05, 0) is 31.0 Å². The van der Waals surface area contributed by atoms with Gasteiger partial charge in [0, 0.05) is 7.11 Å². The van der Waals surface area contributed by atoms with Crippen LogP contribution in [-0.4, -0.2) is 13.4 Å². The number of benzene rings is 1. The van der Waals surface area contributed by atoms with Gasteiger partial charge in [-0.3, -0.25) is 0 Å². The minimum Gasteiger partial charge on any atom is -0.465 e. The van der Waals surface area contributed by atoms with Crippen molar-refractivity contribution in [2.45, 2.75) is 26.6 Å². The van der Waals surface area contributed by atoms with Crippen LogP contribution in [0.2, 0.25) is 0 Å². The van der Waals surface area contributed by atoms with E-state index in [0.29, 0.717) is 0 Å². The van der Waals surface area contributed by atoms with Crippen molar-refractivity contribution in [1.29, 1.82) is 0 Å². The molecule has 2 nitrogen and oxygen atoms in total. The van der Waals surface area contributed by atoms with E-state index in [1.807, 2.05) is 19.1 Å². The molecule has 0 spiro atoms. The van der Waals surface area contributed by atoms with Crippen molar-refractivity contribution in [3.8, 4) is 5.75 Å². The van der Waals surface area contributed by atoms with Gasteiger partial charge in [-0.1, -0.05) is 19.1 Å². The maximum atomic E-state index is 5.44. The lowest BCUT2D eigenvalue weighted by Crippen LogP contribution is -2.13. The van der Waals surface area contributed by atoms with Crippen molar-refractivity contribution >= 4 is 0 Å². The van der Waals surface area contributed by atoms with Crippen LogP contribution in [0.4, 0.5) is 0 Å². The number of ether oxygens (including phenoxy) is 2. The third kappa shape index (κ3) is 3.07. The van der Waals surface area contributed by atoms with E-state index in [0.717, 1.165) is 12.2 Å². The Morgan fingerprint density at radius 2 is 1.85 bits per heavy atom. The molecule has 72 valence electrons. The maximum Gasteiger partial charge on any atom is 0.196 e. The number of rotatable bonds is 4. The molecule has 0 amide bonds. The predicted octanol–water partition coefficient (Wildman–Crippen LogP) is 2.62.